The Labute approximate surface area is 171 Å². The van der Waals surface area contributed by atoms with Gasteiger partial charge in [-0.05, 0) is 35.9 Å². The van der Waals surface area contributed by atoms with Crippen molar-refractivity contribution in [2.75, 3.05) is 5.32 Å². The van der Waals surface area contributed by atoms with Crippen LogP contribution in [0.4, 0.5) is 5.69 Å². The maximum absolute atomic E-state index is 13.1. The third-order valence-corrected chi connectivity index (χ3v) is 5.20. The van der Waals surface area contributed by atoms with Crippen LogP contribution in [-0.2, 0) is 4.79 Å². The van der Waals surface area contributed by atoms with E-state index in [-0.39, 0.29) is 16.4 Å². The number of ketones is 1. The van der Waals surface area contributed by atoms with Crippen molar-refractivity contribution in [1.29, 1.82) is 0 Å². The smallest absolute Gasteiger partial charge is 0.298 e. The number of benzene rings is 2. The summed E-state index contributed by atoms with van der Waals surface area (Å²) in [6, 6.07) is 21.8. The number of nitrogens with zero attached hydrogens (tertiary/aromatic N) is 1. The van der Waals surface area contributed by atoms with Gasteiger partial charge in [-0.25, -0.2) is 0 Å². The van der Waals surface area contributed by atoms with E-state index in [2.05, 4.69) is 5.32 Å². The lowest BCUT2D eigenvalue weighted by Crippen LogP contribution is -2.24. The second-order valence-corrected chi connectivity index (χ2v) is 6.94. The molecule has 4 rings (SSSR count). The van der Waals surface area contributed by atoms with Gasteiger partial charge in [-0.2, -0.15) is 0 Å². The van der Waals surface area contributed by atoms with Crippen LogP contribution in [0.1, 0.15) is 10.5 Å². The van der Waals surface area contributed by atoms with Crippen LogP contribution >= 0.6 is 23.2 Å². The monoisotopic (exact) mass is 408 g/mol. The lowest BCUT2D eigenvalue weighted by Gasteiger charge is -2.09. The lowest BCUT2D eigenvalue weighted by atomic mass is 10.0. The van der Waals surface area contributed by atoms with Crippen LogP contribution in [0.15, 0.2) is 79.0 Å². The molecule has 4 nitrogen and oxygen atoms in total. The third-order valence-electron chi connectivity index (χ3n) is 4.39. The second kappa shape index (κ2) is 7.50. The van der Waals surface area contributed by atoms with Gasteiger partial charge in [-0.1, -0.05) is 65.7 Å². The highest BCUT2D eigenvalue weighted by molar-refractivity contribution is 6.49. The summed E-state index contributed by atoms with van der Waals surface area (Å²) in [5.41, 5.74) is 2.93. The molecule has 2 aromatic carbocycles. The average Bonchev–Trinajstić information content (AvgIpc) is 3.11. The van der Waals surface area contributed by atoms with Crippen molar-refractivity contribution in [3.63, 3.8) is 0 Å². The van der Waals surface area contributed by atoms with Gasteiger partial charge in [0.15, 0.2) is 0 Å². The Morgan fingerprint density at radius 1 is 0.857 bits per heavy atom. The summed E-state index contributed by atoms with van der Waals surface area (Å²) in [6.07, 6.45) is 1.76. The van der Waals surface area contributed by atoms with Gasteiger partial charge < -0.3 is 9.72 Å². The van der Waals surface area contributed by atoms with Crippen LogP contribution in [0, 0.1) is 0 Å². The van der Waals surface area contributed by atoms with Crippen LogP contribution in [0.25, 0.3) is 16.6 Å². The van der Waals surface area contributed by atoms with Gasteiger partial charge in [0.25, 0.3) is 11.7 Å². The van der Waals surface area contributed by atoms with E-state index in [9.17, 15) is 9.59 Å². The molecule has 0 unspecified atom stereocenters. The van der Waals surface area contributed by atoms with E-state index in [1.54, 1.807) is 28.8 Å². The average molecular weight is 409 g/mol. The van der Waals surface area contributed by atoms with Crippen molar-refractivity contribution < 1.29 is 9.59 Å². The molecular formula is C22H14Cl2N2O2. The molecule has 4 aromatic rings. The number of carbonyl (C=O) groups is 2. The summed E-state index contributed by atoms with van der Waals surface area (Å²) >= 11 is 12.1. The number of aromatic nitrogens is 1. The quantitative estimate of drug-likeness (QED) is 0.346. The summed E-state index contributed by atoms with van der Waals surface area (Å²) in [6.45, 7) is 0. The fourth-order valence-electron chi connectivity index (χ4n) is 3.08. The number of nitrogens with one attached hydrogen (secondary N) is 1. The molecule has 0 aliphatic rings. The molecule has 138 valence electrons. The molecule has 0 radical (unpaired) electrons. The number of carbonyl (C=O) groups excluding carboxylic acids is 2. The molecule has 2 aromatic heterocycles. The Morgan fingerprint density at radius 2 is 1.61 bits per heavy atom. The minimum atomic E-state index is -0.787. The first-order chi connectivity index (χ1) is 13.6. The van der Waals surface area contributed by atoms with E-state index < -0.39 is 11.7 Å². The summed E-state index contributed by atoms with van der Waals surface area (Å²) in [5.74, 6) is -1.45. The molecule has 0 bridgehead atoms. The van der Waals surface area contributed by atoms with Crippen molar-refractivity contribution in [2.24, 2.45) is 0 Å². The Morgan fingerprint density at radius 3 is 2.39 bits per heavy atom. The van der Waals surface area contributed by atoms with E-state index in [1.807, 2.05) is 54.6 Å². The maximum atomic E-state index is 13.1. The number of hydrogen-bond acceptors (Lipinski definition) is 2. The van der Waals surface area contributed by atoms with E-state index in [1.165, 1.54) is 0 Å². The zero-order valence-corrected chi connectivity index (χ0v) is 16.0. The van der Waals surface area contributed by atoms with Crippen molar-refractivity contribution in [3.05, 3.63) is 94.7 Å². The van der Waals surface area contributed by atoms with Crippen LogP contribution in [0.2, 0.25) is 10.0 Å². The SMILES string of the molecule is O=C(Nc1cccc(Cl)c1Cl)C(=O)c1c(-c2ccccc2)cc2ccccn12. The van der Waals surface area contributed by atoms with Crippen LogP contribution < -0.4 is 5.32 Å². The van der Waals surface area contributed by atoms with Gasteiger partial charge in [0.2, 0.25) is 0 Å². The number of rotatable bonds is 4. The van der Waals surface area contributed by atoms with E-state index in [0.29, 0.717) is 10.6 Å². The van der Waals surface area contributed by atoms with Gasteiger partial charge in [-0.3, -0.25) is 9.59 Å². The summed E-state index contributed by atoms with van der Waals surface area (Å²) < 4.78 is 1.71. The molecule has 0 saturated heterocycles. The van der Waals surface area contributed by atoms with Crippen molar-refractivity contribution in [3.8, 4) is 11.1 Å². The normalized spacial score (nSPS) is 10.8. The van der Waals surface area contributed by atoms with Crippen LogP contribution in [0.3, 0.4) is 0 Å². The Hall–Kier alpha value is -3.08. The van der Waals surface area contributed by atoms with E-state index in [4.69, 9.17) is 23.2 Å². The second-order valence-electron chi connectivity index (χ2n) is 6.15. The number of pyridine rings is 1. The van der Waals surface area contributed by atoms with Gasteiger partial charge >= 0.3 is 0 Å². The highest BCUT2D eigenvalue weighted by atomic mass is 35.5. The molecule has 0 fully saturated rings. The molecule has 0 atom stereocenters. The fraction of sp³-hybridized carbons (Fsp3) is 0. The van der Waals surface area contributed by atoms with Gasteiger partial charge in [0, 0.05) is 17.3 Å². The van der Waals surface area contributed by atoms with E-state index >= 15 is 0 Å². The molecule has 2 heterocycles. The lowest BCUT2D eigenvalue weighted by molar-refractivity contribution is -0.112. The number of hydrogen-bond donors (Lipinski definition) is 1. The van der Waals surface area contributed by atoms with Gasteiger partial charge in [0.05, 0.1) is 15.7 Å². The first-order valence-electron chi connectivity index (χ1n) is 8.51. The summed E-state index contributed by atoms with van der Waals surface area (Å²) in [7, 11) is 0. The van der Waals surface area contributed by atoms with Gasteiger partial charge in [0.1, 0.15) is 5.69 Å². The predicted molar refractivity (Wildman–Crippen MR) is 112 cm³/mol. The van der Waals surface area contributed by atoms with Crippen LogP contribution in [0.5, 0.6) is 0 Å². The molecule has 6 heteroatoms. The predicted octanol–water partition coefficient (Wildman–Crippen LogP) is 5.73. The summed E-state index contributed by atoms with van der Waals surface area (Å²) in [5, 5.41) is 3.05. The molecule has 0 aliphatic carbocycles. The van der Waals surface area contributed by atoms with Crippen molar-refractivity contribution in [2.45, 2.75) is 0 Å². The zero-order valence-electron chi connectivity index (χ0n) is 14.5. The Bertz CT molecular complexity index is 1200. The number of fused-ring (bicyclic) bond motifs is 1. The standard InChI is InChI=1S/C22H14Cl2N2O2/c23-17-10-6-11-18(19(17)24)25-22(28)21(27)20-16(14-7-2-1-3-8-14)13-15-9-4-5-12-26(15)20/h1-13H,(H,25,28). The maximum Gasteiger partial charge on any atom is 0.298 e. The molecule has 28 heavy (non-hydrogen) atoms. The fourth-order valence-corrected chi connectivity index (χ4v) is 3.43. The minimum Gasteiger partial charge on any atom is -0.318 e. The number of amides is 1. The highest BCUT2D eigenvalue weighted by Crippen LogP contribution is 2.31. The first-order valence-corrected chi connectivity index (χ1v) is 9.27. The van der Waals surface area contributed by atoms with Crippen molar-refractivity contribution >= 4 is 46.1 Å². The number of Topliss-reactive ketones (excluding diaryl/α,β-unsaturated/α-hetero) is 1. The molecule has 0 aliphatic heterocycles. The molecule has 1 amide bonds. The Balaban J connectivity index is 1.78. The largest absolute Gasteiger partial charge is 0.318 e. The molecule has 1 N–H and O–H groups in total. The number of anilines is 1. The summed E-state index contributed by atoms with van der Waals surface area (Å²) in [4.78, 5) is 25.8. The first kappa shape index (κ1) is 18.3. The zero-order chi connectivity index (χ0) is 19.7. The Kier molecular flexibility index (Phi) is 4.90. The molecular weight excluding hydrogens is 395 g/mol. The number of halogens is 2. The molecule has 0 saturated carbocycles. The van der Waals surface area contributed by atoms with Crippen molar-refractivity contribution in [1.82, 2.24) is 4.40 Å². The molecule has 0 spiro atoms. The topological polar surface area (TPSA) is 50.6 Å². The minimum absolute atomic E-state index is 0.189. The van der Waals surface area contributed by atoms with Gasteiger partial charge in [-0.15, -0.1) is 0 Å². The highest BCUT2D eigenvalue weighted by Gasteiger charge is 2.25. The van der Waals surface area contributed by atoms with Crippen LogP contribution in [-0.4, -0.2) is 16.1 Å². The van der Waals surface area contributed by atoms with E-state index in [0.717, 1.165) is 11.1 Å². The third kappa shape index (κ3) is 3.28.